The highest BCUT2D eigenvalue weighted by Gasteiger charge is 2.30. The summed E-state index contributed by atoms with van der Waals surface area (Å²) in [7, 11) is 0. The molecule has 180 valence electrons. The average Bonchev–Trinajstić information content (AvgIpc) is 3.58. The van der Waals surface area contributed by atoms with E-state index in [1.807, 2.05) is 0 Å². The number of unbranched alkanes of at least 4 members (excludes halogenated alkanes) is 1. The molecule has 34 heavy (non-hydrogen) atoms. The monoisotopic (exact) mass is 464 g/mol. The number of carboxylic acid groups (broad SMARTS) is 1. The molecule has 5 rings (SSSR count). The van der Waals surface area contributed by atoms with Gasteiger partial charge in [-0.05, 0) is 69.5 Å². The van der Waals surface area contributed by atoms with Gasteiger partial charge in [0.15, 0.2) is 5.65 Å². The number of rotatable bonds is 12. The van der Waals surface area contributed by atoms with Gasteiger partial charge in [0.2, 0.25) is 0 Å². The third-order valence-corrected chi connectivity index (χ3v) is 6.71. The molecule has 10 nitrogen and oxygen atoms in total. The van der Waals surface area contributed by atoms with E-state index in [0.717, 1.165) is 56.8 Å². The first-order chi connectivity index (χ1) is 16.7. The number of aliphatic carboxylic acids is 1. The number of carboxylic acids is 1. The number of nitrogens with zero attached hydrogens (tertiary/aromatic N) is 5. The lowest BCUT2D eigenvalue weighted by Crippen LogP contribution is -2.36. The molecule has 0 amide bonds. The highest BCUT2D eigenvalue weighted by atomic mass is 16.4. The summed E-state index contributed by atoms with van der Waals surface area (Å²) in [5.74, 6) is 0.682. The van der Waals surface area contributed by atoms with Crippen LogP contribution < -0.4 is 10.6 Å². The van der Waals surface area contributed by atoms with Crippen LogP contribution in [0.15, 0.2) is 24.7 Å². The summed E-state index contributed by atoms with van der Waals surface area (Å²) >= 11 is 0. The molecule has 0 saturated heterocycles. The van der Waals surface area contributed by atoms with Gasteiger partial charge < -0.3 is 20.6 Å². The minimum atomic E-state index is -0.877. The minimum Gasteiger partial charge on any atom is -0.480 e. The maximum atomic E-state index is 11.9. The van der Waals surface area contributed by atoms with Crippen molar-refractivity contribution in [2.24, 2.45) is 0 Å². The van der Waals surface area contributed by atoms with Gasteiger partial charge in [-0.1, -0.05) is 6.07 Å². The van der Waals surface area contributed by atoms with E-state index in [9.17, 15) is 9.90 Å². The largest absolute Gasteiger partial charge is 0.480 e. The second kappa shape index (κ2) is 10.3. The summed E-state index contributed by atoms with van der Waals surface area (Å²) in [5.41, 5.74) is 3.06. The van der Waals surface area contributed by atoms with Crippen molar-refractivity contribution in [1.82, 2.24) is 30.0 Å². The third-order valence-electron chi connectivity index (χ3n) is 6.71. The van der Waals surface area contributed by atoms with Crippen molar-refractivity contribution < 1.29 is 9.90 Å². The zero-order valence-electron chi connectivity index (χ0n) is 19.3. The lowest BCUT2D eigenvalue weighted by molar-refractivity contribution is -0.138. The van der Waals surface area contributed by atoms with E-state index < -0.39 is 12.0 Å². The van der Waals surface area contributed by atoms with Gasteiger partial charge in [-0.15, -0.1) is 0 Å². The number of H-pyrrole nitrogens is 1. The third kappa shape index (κ3) is 5.44. The highest BCUT2D eigenvalue weighted by molar-refractivity contribution is 5.88. The number of pyridine rings is 1. The molecule has 0 spiro atoms. The van der Waals surface area contributed by atoms with Crippen LogP contribution >= 0.6 is 0 Å². The normalized spacial score (nSPS) is 16.3. The molecule has 0 aromatic carbocycles. The fourth-order valence-corrected chi connectivity index (χ4v) is 4.64. The van der Waals surface area contributed by atoms with Crippen molar-refractivity contribution in [1.29, 1.82) is 0 Å². The van der Waals surface area contributed by atoms with E-state index in [4.69, 9.17) is 4.98 Å². The van der Waals surface area contributed by atoms with Gasteiger partial charge in [-0.3, -0.25) is 5.10 Å². The predicted molar refractivity (Wildman–Crippen MR) is 130 cm³/mol. The van der Waals surface area contributed by atoms with Crippen LogP contribution in [0.25, 0.3) is 11.0 Å². The van der Waals surface area contributed by atoms with Crippen LogP contribution in [0.5, 0.6) is 0 Å². The summed E-state index contributed by atoms with van der Waals surface area (Å²) in [4.78, 5) is 27.5. The van der Waals surface area contributed by atoms with Gasteiger partial charge in [0.05, 0.1) is 11.6 Å². The molecule has 1 saturated carbocycles. The Morgan fingerprint density at radius 1 is 1.24 bits per heavy atom. The van der Waals surface area contributed by atoms with Gasteiger partial charge in [0.1, 0.15) is 24.0 Å². The van der Waals surface area contributed by atoms with Gasteiger partial charge in [0, 0.05) is 24.8 Å². The number of hydrogen-bond donors (Lipinski definition) is 4. The molecule has 3 aromatic rings. The van der Waals surface area contributed by atoms with E-state index in [1.165, 1.54) is 31.2 Å². The first-order valence-electron chi connectivity index (χ1n) is 12.3. The number of fused-ring (bicyclic) bond motifs is 2. The Kier molecular flexibility index (Phi) is 6.84. The Morgan fingerprint density at radius 2 is 2.15 bits per heavy atom. The topological polar surface area (TPSA) is 132 Å². The van der Waals surface area contributed by atoms with Gasteiger partial charge in [0.25, 0.3) is 0 Å². The van der Waals surface area contributed by atoms with Crippen LogP contribution in [0, 0.1) is 0 Å². The first-order valence-corrected chi connectivity index (χ1v) is 12.3. The summed E-state index contributed by atoms with van der Waals surface area (Å²) in [6.07, 6.45) is 11.3. The van der Waals surface area contributed by atoms with Crippen molar-refractivity contribution >= 4 is 28.6 Å². The van der Waals surface area contributed by atoms with Gasteiger partial charge in [-0.2, -0.15) is 5.10 Å². The smallest absolute Gasteiger partial charge is 0.326 e. The summed E-state index contributed by atoms with van der Waals surface area (Å²) in [6, 6.07) is 4.24. The molecule has 3 aromatic heterocycles. The average molecular weight is 465 g/mol. The zero-order chi connectivity index (χ0) is 23.3. The maximum Gasteiger partial charge on any atom is 0.326 e. The van der Waals surface area contributed by atoms with E-state index >= 15 is 0 Å². The quantitative estimate of drug-likeness (QED) is 0.299. The van der Waals surface area contributed by atoms with Crippen LogP contribution in [-0.2, 0) is 17.6 Å². The van der Waals surface area contributed by atoms with Crippen LogP contribution in [0.3, 0.4) is 0 Å². The number of carbonyl (C=O) groups is 1. The molecule has 4 heterocycles. The molecule has 4 N–H and O–H groups in total. The summed E-state index contributed by atoms with van der Waals surface area (Å²) < 4.78 is 0. The van der Waals surface area contributed by atoms with Crippen LogP contribution in [0.2, 0.25) is 0 Å². The number of aryl methyl sites for hydroxylation is 2. The molecule has 10 heteroatoms. The number of anilines is 2. The predicted octanol–water partition coefficient (Wildman–Crippen LogP) is 2.85. The number of aromatic amines is 1. The van der Waals surface area contributed by atoms with E-state index in [-0.39, 0.29) is 0 Å². The first kappa shape index (κ1) is 22.5. The second-order valence-electron chi connectivity index (χ2n) is 9.24. The van der Waals surface area contributed by atoms with Crippen molar-refractivity contribution in [3.05, 3.63) is 35.9 Å². The van der Waals surface area contributed by atoms with E-state index in [2.05, 4.69) is 47.8 Å². The Hall–Kier alpha value is -3.27. The Balaban J connectivity index is 1.11. The maximum absolute atomic E-state index is 11.9. The van der Waals surface area contributed by atoms with Gasteiger partial charge >= 0.3 is 5.97 Å². The number of nitrogens with one attached hydrogen (secondary N) is 3. The van der Waals surface area contributed by atoms with Crippen molar-refractivity contribution in [2.45, 2.75) is 63.5 Å². The molecule has 1 atom stereocenters. The van der Waals surface area contributed by atoms with E-state index in [1.54, 1.807) is 6.20 Å². The molecular weight excluding hydrogens is 432 g/mol. The zero-order valence-corrected chi connectivity index (χ0v) is 19.3. The fraction of sp³-hybridized carbons (Fsp3) is 0.542. The number of hydrogen-bond acceptors (Lipinski definition) is 8. The molecule has 0 radical (unpaired) electrons. The lowest BCUT2D eigenvalue weighted by atomic mass is 10.1. The molecule has 0 bridgehead atoms. The Labute approximate surface area is 198 Å². The Bertz CT molecular complexity index is 1130. The van der Waals surface area contributed by atoms with E-state index in [0.29, 0.717) is 29.3 Å². The molecule has 1 unspecified atom stereocenters. The fourth-order valence-electron chi connectivity index (χ4n) is 4.64. The molecule has 1 fully saturated rings. The SMILES string of the molecule is O=C(O)C(CCN(CCCCc1ccc2c(n1)NCCC2)C1CC1)Nc1ncnc2[nH]ncc12. The molecular formula is C24H32N8O2. The summed E-state index contributed by atoms with van der Waals surface area (Å²) in [5, 5.41) is 23.7. The highest BCUT2D eigenvalue weighted by Crippen LogP contribution is 2.28. The van der Waals surface area contributed by atoms with Crippen molar-refractivity contribution in [3.8, 4) is 0 Å². The standard InChI is InChI=1S/C24H32N8O2/c33-24(34)20(30-22-19-14-28-31-23(19)27-15-26-22)10-13-32(18-8-9-18)12-2-1-5-17-7-6-16-4-3-11-25-21(16)29-17/h6-7,14-15,18,20H,1-5,8-13H2,(H,25,29)(H,33,34)(H2,26,27,28,30,31). The van der Waals surface area contributed by atoms with Crippen LogP contribution in [0.4, 0.5) is 11.6 Å². The van der Waals surface area contributed by atoms with Gasteiger partial charge in [-0.25, -0.2) is 19.7 Å². The lowest BCUT2D eigenvalue weighted by Gasteiger charge is -2.24. The van der Waals surface area contributed by atoms with Crippen LogP contribution in [0.1, 0.15) is 49.8 Å². The molecule has 1 aliphatic carbocycles. The summed E-state index contributed by atoms with van der Waals surface area (Å²) in [6.45, 7) is 2.74. The molecule has 1 aliphatic heterocycles. The van der Waals surface area contributed by atoms with Crippen LogP contribution in [-0.4, -0.2) is 72.8 Å². The Morgan fingerprint density at radius 3 is 3.00 bits per heavy atom. The second-order valence-corrected chi connectivity index (χ2v) is 9.24. The van der Waals surface area contributed by atoms with Crippen molar-refractivity contribution in [3.63, 3.8) is 0 Å². The van der Waals surface area contributed by atoms with Crippen molar-refractivity contribution in [2.75, 3.05) is 30.3 Å². The molecule has 2 aliphatic rings. The number of aromatic nitrogens is 5. The minimum absolute atomic E-state index is 0.496.